The summed E-state index contributed by atoms with van der Waals surface area (Å²) in [6, 6.07) is 13.7. The maximum absolute atomic E-state index is 13.6. The molecular formula is C29H26F3N7O. The van der Waals surface area contributed by atoms with Gasteiger partial charge in [-0.15, -0.1) is 0 Å². The number of hydrogen-bond donors (Lipinski definition) is 2. The van der Waals surface area contributed by atoms with Crippen molar-refractivity contribution in [2.75, 3.05) is 22.6 Å². The second-order valence-corrected chi connectivity index (χ2v) is 8.92. The predicted molar refractivity (Wildman–Crippen MR) is 151 cm³/mol. The van der Waals surface area contributed by atoms with Crippen LogP contribution < -0.4 is 15.5 Å². The van der Waals surface area contributed by atoms with E-state index in [1.54, 1.807) is 62.9 Å². The molecule has 0 aliphatic carbocycles. The first kappa shape index (κ1) is 28.0. The molecule has 11 heteroatoms. The molecule has 2 aromatic heterocycles. The van der Waals surface area contributed by atoms with Crippen LogP contribution in [0, 0.1) is 6.92 Å². The minimum atomic E-state index is -4.61. The third-order valence-corrected chi connectivity index (χ3v) is 5.90. The summed E-state index contributed by atoms with van der Waals surface area (Å²) in [6.45, 7) is 6.93. The first-order chi connectivity index (χ1) is 19.0. The van der Waals surface area contributed by atoms with E-state index in [9.17, 15) is 18.0 Å². The molecule has 1 amide bonds. The van der Waals surface area contributed by atoms with E-state index in [0.29, 0.717) is 23.0 Å². The van der Waals surface area contributed by atoms with E-state index in [-0.39, 0.29) is 16.9 Å². The summed E-state index contributed by atoms with van der Waals surface area (Å²) in [5.41, 5.74) is 2.90. The Bertz CT molecular complexity index is 1570. The van der Waals surface area contributed by atoms with E-state index in [1.807, 2.05) is 13.0 Å². The van der Waals surface area contributed by atoms with E-state index in [1.165, 1.54) is 17.2 Å². The highest BCUT2D eigenvalue weighted by molar-refractivity contribution is 6.05. The van der Waals surface area contributed by atoms with E-state index in [4.69, 9.17) is 0 Å². The number of benzene rings is 2. The van der Waals surface area contributed by atoms with Crippen LogP contribution in [0.2, 0.25) is 0 Å². The molecule has 2 heterocycles. The molecule has 8 nitrogen and oxygen atoms in total. The number of hydrogen-bond acceptors (Lipinski definition) is 7. The molecule has 204 valence electrons. The Morgan fingerprint density at radius 1 is 1.10 bits per heavy atom. The lowest BCUT2D eigenvalue weighted by Crippen LogP contribution is -2.16. The molecule has 4 aromatic rings. The van der Waals surface area contributed by atoms with Gasteiger partial charge in [-0.3, -0.25) is 14.8 Å². The lowest BCUT2D eigenvalue weighted by Gasteiger charge is -2.19. The van der Waals surface area contributed by atoms with Crippen molar-refractivity contribution in [2.24, 2.45) is 4.99 Å². The zero-order valence-corrected chi connectivity index (χ0v) is 22.0. The van der Waals surface area contributed by atoms with Crippen LogP contribution in [-0.2, 0) is 6.18 Å². The van der Waals surface area contributed by atoms with Crippen LogP contribution in [0.3, 0.4) is 0 Å². The highest BCUT2D eigenvalue weighted by atomic mass is 19.4. The van der Waals surface area contributed by atoms with Crippen molar-refractivity contribution in [1.29, 1.82) is 0 Å². The fraction of sp³-hybridized carbons (Fsp3) is 0.138. The smallest absolute Gasteiger partial charge is 0.349 e. The molecule has 0 atom stereocenters. The van der Waals surface area contributed by atoms with E-state index in [0.717, 1.165) is 23.3 Å². The first-order valence-corrected chi connectivity index (χ1v) is 12.1. The number of carbonyl (C=O) groups is 1. The number of pyridine rings is 1. The van der Waals surface area contributed by atoms with Crippen molar-refractivity contribution in [3.8, 4) is 11.3 Å². The Kier molecular flexibility index (Phi) is 8.23. The minimum absolute atomic E-state index is 0.0121. The number of rotatable bonds is 8. The van der Waals surface area contributed by atoms with Crippen LogP contribution >= 0.6 is 0 Å². The summed E-state index contributed by atoms with van der Waals surface area (Å²) in [7, 11) is 1.58. The highest BCUT2D eigenvalue weighted by Gasteiger charge is 2.31. The number of halogens is 3. The van der Waals surface area contributed by atoms with Crippen molar-refractivity contribution in [3.05, 3.63) is 102 Å². The van der Waals surface area contributed by atoms with Gasteiger partial charge in [0.1, 0.15) is 0 Å². The van der Waals surface area contributed by atoms with Crippen LogP contribution in [0.1, 0.15) is 28.4 Å². The van der Waals surface area contributed by atoms with Crippen molar-refractivity contribution in [3.63, 3.8) is 0 Å². The monoisotopic (exact) mass is 545 g/mol. The number of anilines is 4. The zero-order valence-electron chi connectivity index (χ0n) is 22.0. The van der Waals surface area contributed by atoms with Gasteiger partial charge in [0, 0.05) is 60.0 Å². The molecule has 0 aliphatic heterocycles. The molecule has 0 unspecified atom stereocenters. The van der Waals surface area contributed by atoms with Gasteiger partial charge in [-0.25, -0.2) is 9.97 Å². The number of amides is 1. The van der Waals surface area contributed by atoms with E-state index < -0.39 is 17.6 Å². The average molecular weight is 546 g/mol. The van der Waals surface area contributed by atoms with Gasteiger partial charge < -0.3 is 15.5 Å². The highest BCUT2D eigenvalue weighted by Crippen LogP contribution is 2.35. The number of allylic oxidation sites excluding steroid dienone is 1. The van der Waals surface area contributed by atoms with Crippen LogP contribution in [0.15, 0.2) is 90.1 Å². The second kappa shape index (κ2) is 11.8. The predicted octanol–water partition coefficient (Wildman–Crippen LogP) is 6.86. The third-order valence-electron chi connectivity index (χ3n) is 5.90. The van der Waals surface area contributed by atoms with Crippen molar-refractivity contribution in [1.82, 2.24) is 15.0 Å². The first-order valence-electron chi connectivity index (χ1n) is 12.1. The Balaban J connectivity index is 1.60. The van der Waals surface area contributed by atoms with Gasteiger partial charge in [-0.1, -0.05) is 6.07 Å². The summed E-state index contributed by atoms with van der Waals surface area (Å²) in [4.78, 5) is 31.2. The molecule has 2 aromatic carbocycles. The summed E-state index contributed by atoms with van der Waals surface area (Å²) < 4.78 is 40.9. The Morgan fingerprint density at radius 2 is 1.90 bits per heavy atom. The second-order valence-electron chi connectivity index (χ2n) is 8.92. The van der Waals surface area contributed by atoms with Crippen molar-refractivity contribution in [2.45, 2.75) is 20.0 Å². The average Bonchev–Trinajstić information content (AvgIpc) is 2.94. The molecule has 0 aliphatic rings. The molecule has 40 heavy (non-hydrogen) atoms. The van der Waals surface area contributed by atoms with Gasteiger partial charge >= 0.3 is 6.18 Å². The van der Waals surface area contributed by atoms with Crippen LogP contribution in [0.4, 0.5) is 36.2 Å². The fourth-order valence-electron chi connectivity index (χ4n) is 3.76. The number of nitrogens with zero attached hydrogens (tertiary/aromatic N) is 5. The van der Waals surface area contributed by atoms with E-state index >= 15 is 0 Å². The largest absolute Gasteiger partial charge is 0.416 e. The molecule has 0 radical (unpaired) electrons. The normalized spacial score (nSPS) is 11.6. The van der Waals surface area contributed by atoms with Gasteiger partial charge in [-0.2, -0.15) is 13.2 Å². The molecule has 0 spiro atoms. The maximum Gasteiger partial charge on any atom is 0.416 e. The Morgan fingerprint density at radius 3 is 2.60 bits per heavy atom. The summed E-state index contributed by atoms with van der Waals surface area (Å²) in [5.74, 6) is -0.273. The summed E-state index contributed by atoms with van der Waals surface area (Å²) in [5, 5.41) is 5.71. The quantitative estimate of drug-likeness (QED) is 0.235. The molecule has 0 saturated carbocycles. The Hall–Kier alpha value is -5.06. The van der Waals surface area contributed by atoms with Gasteiger partial charge in [0.05, 0.1) is 17.0 Å². The molecule has 0 fully saturated rings. The van der Waals surface area contributed by atoms with E-state index in [2.05, 4.69) is 37.3 Å². The zero-order chi connectivity index (χ0) is 28.9. The lowest BCUT2D eigenvalue weighted by molar-refractivity contribution is -0.137. The number of aromatic nitrogens is 3. The third kappa shape index (κ3) is 6.87. The fourth-order valence-corrected chi connectivity index (χ4v) is 3.76. The van der Waals surface area contributed by atoms with Crippen LogP contribution in [-0.4, -0.2) is 34.6 Å². The van der Waals surface area contributed by atoms with Crippen molar-refractivity contribution >= 4 is 35.6 Å². The van der Waals surface area contributed by atoms with Gasteiger partial charge in [0.2, 0.25) is 5.95 Å². The molecule has 0 bridgehead atoms. The molecule has 4 rings (SSSR count). The van der Waals surface area contributed by atoms with Gasteiger partial charge in [0.15, 0.2) is 0 Å². The van der Waals surface area contributed by atoms with Gasteiger partial charge in [0.25, 0.3) is 5.91 Å². The number of aliphatic imine (C=N–C) groups is 1. The number of aryl methyl sites for hydroxylation is 1. The topological polar surface area (TPSA) is 95.4 Å². The van der Waals surface area contributed by atoms with Crippen molar-refractivity contribution < 1.29 is 18.0 Å². The molecule has 2 N–H and O–H groups in total. The molecular weight excluding hydrogens is 519 g/mol. The molecule has 0 saturated heterocycles. The lowest BCUT2D eigenvalue weighted by atomic mass is 10.1. The Labute approximate surface area is 229 Å². The summed E-state index contributed by atoms with van der Waals surface area (Å²) >= 11 is 0. The standard InChI is InChI=1S/C29H26F3N7O/c1-18-7-8-20(12-26(18)38-28-35-11-9-25(37-28)21-6-5-10-34-16-21)27(40)36-23-13-22(29(30,31)32)14-24(15-23)39(4)17-19(2)33-3/h5-17H,3H2,1-2,4H3,(H,36,40)(H,35,37,38)/b19-17-. The number of alkyl halides is 3. The minimum Gasteiger partial charge on any atom is -0.349 e. The SMILES string of the molecule is C=N/C(C)=C\N(C)c1cc(NC(=O)c2ccc(C)c(Nc3nccc(-c4cccnc4)n3)c2)cc(C(F)(F)F)c1. The number of nitrogens with one attached hydrogen (secondary N) is 2. The maximum atomic E-state index is 13.6. The van der Waals surface area contributed by atoms with Crippen LogP contribution in [0.25, 0.3) is 11.3 Å². The number of carbonyl (C=O) groups excluding carboxylic acids is 1. The summed E-state index contributed by atoms with van der Waals surface area (Å²) in [6.07, 6.45) is 1.88. The van der Waals surface area contributed by atoms with Crippen LogP contribution in [0.5, 0.6) is 0 Å². The van der Waals surface area contributed by atoms with Gasteiger partial charge in [-0.05, 0) is 74.7 Å².